The van der Waals surface area contributed by atoms with Gasteiger partial charge in [0.05, 0.1) is 13.2 Å². The van der Waals surface area contributed by atoms with E-state index in [1.54, 1.807) is 11.8 Å². The number of carbonyl (C=O) groups is 1. The molecule has 2 fully saturated rings. The number of fused-ring (bicyclic) bond motifs is 1. The van der Waals surface area contributed by atoms with Gasteiger partial charge < -0.3 is 9.64 Å². The maximum atomic E-state index is 12.8. The Labute approximate surface area is 173 Å². The van der Waals surface area contributed by atoms with Crippen molar-refractivity contribution in [1.82, 2.24) is 19.2 Å². The first-order valence-electron chi connectivity index (χ1n) is 11.5. The fraction of sp³-hybridized carbons (Fsp3) is 0.864. The minimum absolute atomic E-state index is 0.00537. The molecule has 3 aliphatic rings. The van der Waals surface area contributed by atoms with Gasteiger partial charge in [-0.2, -0.15) is 5.10 Å². The molecule has 3 heterocycles. The molecule has 0 radical (unpaired) electrons. The molecule has 1 aromatic heterocycles. The summed E-state index contributed by atoms with van der Waals surface area (Å²) in [5.74, 6) is 1.90. The standard InChI is InChI=1S/C22H36N4O3/c1-29-16-15-26-21(28)25-14-11-22(8-7-19(25)23-26)9-12-24(13-10-22)20(27)17-18-5-3-2-4-6-18/h18H,2-17H2,1H3. The van der Waals surface area contributed by atoms with Crippen molar-refractivity contribution in [2.24, 2.45) is 11.3 Å². The molecule has 1 saturated heterocycles. The Kier molecular flexibility index (Phi) is 6.42. The molecule has 2 aliphatic heterocycles. The molecule has 0 bridgehead atoms. The number of rotatable bonds is 5. The second-order valence-electron chi connectivity index (χ2n) is 9.41. The Balaban J connectivity index is 1.32. The summed E-state index contributed by atoms with van der Waals surface area (Å²) in [4.78, 5) is 27.5. The Morgan fingerprint density at radius 1 is 1.10 bits per heavy atom. The number of carbonyl (C=O) groups excluding carboxylic acids is 1. The van der Waals surface area contributed by atoms with Crippen LogP contribution in [0, 0.1) is 11.3 Å². The predicted octanol–water partition coefficient (Wildman–Crippen LogP) is 2.61. The van der Waals surface area contributed by atoms with Gasteiger partial charge in [-0.05, 0) is 49.9 Å². The van der Waals surface area contributed by atoms with E-state index in [-0.39, 0.29) is 11.1 Å². The van der Waals surface area contributed by atoms with Crippen molar-refractivity contribution in [3.63, 3.8) is 0 Å². The number of amides is 1. The van der Waals surface area contributed by atoms with Crippen LogP contribution in [-0.2, 0) is 29.0 Å². The highest BCUT2D eigenvalue weighted by Crippen LogP contribution is 2.41. The van der Waals surface area contributed by atoms with Crippen molar-refractivity contribution < 1.29 is 9.53 Å². The summed E-state index contributed by atoms with van der Waals surface area (Å²) < 4.78 is 8.49. The van der Waals surface area contributed by atoms with Crippen molar-refractivity contribution >= 4 is 5.91 Å². The first-order chi connectivity index (χ1) is 14.1. The largest absolute Gasteiger partial charge is 0.383 e. The topological polar surface area (TPSA) is 69.4 Å². The molecule has 0 N–H and O–H groups in total. The smallest absolute Gasteiger partial charge is 0.345 e. The van der Waals surface area contributed by atoms with Crippen molar-refractivity contribution in [3.8, 4) is 0 Å². The summed E-state index contributed by atoms with van der Waals surface area (Å²) in [7, 11) is 1.64. The maximum absolute atomic E-state index is 12.8. The number of nitrogens with zero attached hydrogens (tertiary/aromatic N) is 4. The molecular formula is C22H36N4O3. The van der Waals surface area contributed by atoms with Crippen LogP contribution in [-0.4, -0.2) is 52.0 Å². The van der Waals surface area contributed by atoms with E-state index in [2.05, 4.69) is 10.00 Å². The number of piperidine rings is 1. The van der Waals surface area contributed by atoms with E-state index in [4.69, 9.17) is 4.74 Å². The molecule has 1 aliphatic carbocycles. The molecule has 4 rings (SSSR count). The minimum atomic E-state index is -0.00537. The lowest BCUT2D eigenvalue weighted by molar-refractivity contribution is -0.135. The highest BCUT2D eigenvalue weighted by Gasteiger charge is 2.38. The molecule has 1 saturated carbocycles. The average molecular weight is 405 g/mol. The molecular weight excluding hydrogens is 368 g/mol. The molecule has 0 atom stereocenters. The Hall–Kier alpha value is -1.63. The molecule has 29 heavy (non-hydrogen) atoms. The summed E-state index contributed by atoms with van der Waals surface area (Å²) in [5.41, 5.74) is 0.251. The number of aryl methyl sites for hydroxylation is 1. The summed E-state index contributed by atoms with van der Waals surface area (Å²) in [6.45, 7) is 3.53. The van der Waals surface area contributed by atoms with Gasteiger partial charge in [-0.1, -0.05) is 19.3 Å². The first-order valence-corrected chi connectivity index (χ1v) is 11.5. The average Bonchev–Trinajstić information content (AvgIpc) is 2.94. The zero-order chi connectivity index (χ0) is 20.3. The van der Waals surface area contributed by atoms with Gasteiger partial charge in [0.15, 0.2) is 0 Å². The van der Waals surface area contributed by atoms with Crippen molar-refractivity contribution in [3.05, 3.63) is 16.3 Å². The summed E-state index contributed by atoms with van der Waals surface area (Å²) in [6, 6.07) is 0. The number of methoxy groups -OCH3 is 1. The maximum Gasteiger partial charge on any atom is 0.345 e. The van der Waals surface area contributed by atoms with E-state index < -0.39 is 0 Å². The number of ether oxygens (including phenoxy) is 1. The third-order valence-electron chi connectivity index (χ3n) is 7.62. The molecule has 0 aromatic carbocycles. The highest BCUT2D eigenvalue weighted by molar-refractivity contribution is 5.76. The Morgan fingerprint density at radius 3 is 2.55 bits per heavy atom. The van der Waals surface area contributed by atoms with Crippen LogP contribution in [0.15, 0.2) is 4.79 Å². The normalized spacial score (nSPS) is 22.4. The van der Waals surface area contributed by atoms with Crippen LogP contribution in [0.5, 0.6) is 0 Å². The quantitative estimate of drug-likeness (QED) is 0.756. The fourth-order valence-corrected chi connectivity index (χ4v) is 5.57. The SMILES string of the molecule is COCCn1nc2n(c1=O)CCC1(CC2)CCN(C(=O)CC2CCCCC2)CC1. The van der Waals surface area contributed by atoms with Gasteiger partial charge in [-0.3, -0.25) is 9.36 Å². The summed E-state index contributed by atoms with van der Waals surface area (Å²) in [5, 5.41) is 4.56. The number of likely N-dealkylation sites (tertiary alicyclic amines) is 1. The first kappa shape index (κ1) is 20.6. The lowest BCUT2D eigenvalue weighted by atomic mass is 9.72. The molecule has 162 valence electrons. The number of hydrogen-bond acceptors (Lipinski definition) is 4. The lowest BCUT2D eigenvalue weighted by Gasteiger charge is -2.42. The van der Waals surface area contributed by atoms with Gasteiger partial charge in [0, 0.05) is 39.6 Å². The van der Waals surface area contributed by atoms with Crippen molar-refractivity contribution in [1.29, 1.82) is 0 Å². The van der Waals surface area contributed by atoms with E-state index in [0.29, 0.717) is 25.0 Å². The molecule has 1 amide bonds. The van der Waals surface area contributed by atoms with Crippen LogP contribution in [0.4, 0.5) is 0 Å². The van der Waals surface area contributed by atoms with Gasteiger partial charge in [0.25, 0.3) is 0 Å². The third kappa shape index (κ3) is 4.60. The summed E-state index contributed by atoms with van der Waals surface area (Å²) in [6.07, 6.45) is 12.2. The zero-order valence-electron chi connectivity index (χ0n) is 17.9. The Morgan fingerprint density at radius 2 is 1.83 bits per heavy atom. The van der Waals surface area contributed by atoms with Gasteiger partial charge in [0.1, 0.15) is 5.82 Å². The van der Waals surface area contributed by atoms with E-state index in [0.717, 1.165) is 64.0 Å². The van der Waals surface area contributed by atoms with Gasteiger partial charge in [-0.15, -0.1) is 0 Å². The van der Waals surface area contributed by atoms with E-state index in [1.165, 1.54) is 32.1 Å². The second-order valence-corrected chi connectivity index (χ2v) is 9.41. The van der Waals surface area contributed by atoms with E-state index >= 15 is 0 Å². The van der Waals surface area contributed by atoms with Crippen molar-refractivity contribution in [2.75, 3.05) is 26.8 Å². The van der Waals surface area contributed by atoms with Gasteiger partial charge >= 0.3 is 5.69 Å². The van der Waals surface area contributed by atoms with E-state index in [9.17, 15) is 9.59 Å². The van der Waals surface area contributed by atoms with E-state index in [1.807, 2.05) is 4.57 Å². The van der Waals surface area contributed by atoms with Crippen LogP contribution in [0.2, 0.25) is 0 Å². The summed E-state index contributed by atoms with van der Waals surface area (Å²) >= 11 is 0. The van der Waals surface area contributed by atoms with Crippen LogP contribution in [0.25, 0.3) is 0 Å². The predicted molar refractivity (Wildman–Crippen MR) is 111 cm³/mol. The molecule has 1 spiro atoms. The van der Waals surface area contributed by atoms with Crippen molar-refractivity contribution in [2.45, 2.75) is 83.7 Å². The number of hydrogen-bond donors (Lipinski definition) is 0. The molecule has 7 nitrogen and oxygen atoms in total. The lowest BCUT2D eigenvalue weighted by Crippen LogP contribution is -2.44. The van der Waals surface area contributed by atoms with Crippen LogP contribution in [0.1, 0.15) is 70.0 Å². The molecule has 7 heteroatoms. The fourth-order valence-electron chi connectivity index (χ4n) is 5.57. The second kappa shape index (κ2) is 9.02. The van der Waals surface area contributed by atoms with Gasteiger partial charge in [0.2, 0.25) is 5.91 Å². The third-order valence-corrected chi connectivity index (χ3v) is 7.62. The zero-order valence-corrected chi connectivity index (χ0v) is 17.9. The molecule has 1 aromatic rings. The molecule has 0 unspecified atom stereocenters. The highest BCUT2D eigenvalue weighted by atomic mass is 16.5. The van der Waals surface area contributed by atoms with Gasteiger partial charge in [-0.25, -0.2) is 9.48 Å². The monoisotopic (exact) mass is 404 g/mol. The van der Waals surface area contributed by atoms with Crippen LogP contribution in [0.3, 0.4) is 0 Å². The van der Waals surface area contributed by atoms with Crippen LogP contribution >= 0.6 is 0 Å². The Bertz CT molecular complexity index is 755. The number of aromatic nitrogens is 3. The minimum Gasteiger partial charge on any atom is -0.383 e. The van der Waals surface area contributed by atoms with Crippen LogP contribution < -0.4 is 5.69 Å².